The van der Waals surface area contributed by atoms with Crippen molar-refractivity contribution >= 4 is 11.3 Å². The highest BCUT2D eigenvalue weighted by Crippen LogP contribution is 2.27. The lowest BCUT2D eigenvalue weighted by atomic mass is 10.1. The van der Waals surface area contributed by atoms with Crippen LogP contribution in [0.1, 0.15) is 35.2 Å². The van der Waals surface area contributed by atoms with E-state index in [0.717, 1.165) is 6.54 Å². The largest absolute Gasteiger partial charge is 0.347 e. The lowest BCUT2D eigenvalue weighted by Crippen LogP contribution is -2.39. The predicted octanol–water partition coefficient (Wildman–Crippen LogP) is 2.78. The Morgan fingerprint density at radius 3 is 2.59 bits per heavy atom. The Labute approximate surface area is 107 Å². The molecule has 1 aromatic rings. The average molecular weight is 255 g/mol. The Kier molecular flexibility index (Phi) is 3.88. The molecule has 0 radical (unpaired) electrons. The molecule has 3 nitrogen and oxygen atoms in total. The second-order valence-corrected chi connectivity index (χ2v) is 6.26. The number of ether oxygens (including phenoxy) is 2. The summed E-state index contributed by atoms with van der Waals surface area (Å²) in [5, 5.41) is 3.49. The molecule has 0 aliphatic carbocycles. The third kappa shape index (κ3) is 3.07. The molecule has 0 spiro atoms. The third-order valence-electron chi connectivity index (χ3n) is 3.17. The molecule has 0 aromatic carbocycles. The molecule has 1 fully saturated rings. The van der Waals surface area contributed by atoms with Crippen LogP contribution in [-0.2, 0) is 9.47 Å². The monoisotopic (exact) mass is 255 g/mol. The Morgan fingerprint density at radius 2 is 2.06 bits per heavy atom. The van der Waals surface area contributed by atoms with Crippen LogP contribution >= 0.6 is 11.3 Å². The molecule has 0 amide bonds. The maximum Gasteiger partial charge on any atom is 0.178 e. The summed E-state index contributed by atoms with van der Waals surface area (Å²) in [5.74, 6) is -0.451. The first-order valence-corrected chi connectivity index (χ1v) is 6.90. The minimum atomic E-state index is -0.451. The highest BCUT2D eigenvalue weighted by atomic mass is 32.1. The molecule has 2 rings (SSSR count). The first-order valence-electron chi connectivity index (χ1n) is 6.08. The molecule has 1 aromatic heterocycles. The zero-order valence-corrected chi connectivity index (χ0v) is 11.8. The van der Waals surface area contributed by atoms with Gasteiger partial charge in [-0.1, -0.05) is 0 Å². The van der Waals surface area contributed by atoms with Gasteiger partial charge in [0, 0.05) is 22.3 Å². The van der Waals surface area contributed by atoms with Crippen molar-refractivity contribution in [2.75, 3.05) is 19.8 Å². The van der Waals surface area contributed by atoms with Gasteiger partial charge in [0.25, 0.3) is 0 Å². The van der Waals surface area contributed by atoms with Crippen molar-refractivity contribution in [1.29, 1.82) is 0 Å². The second-order valence-electron chi connectivity index (χ2n) is 4.80. The van der Waals surface area contributed by atoms with Gasteiger partial charge in [-0.3, -0.25) is 0 Å². The van der Waals surface area contributed by atoms with Gasteiger partial charge >= 0.3 is 0 Å². The van der Waals surface area contributed by atoms with Crippen LogP contribution < -0.4 is 5.32 Å². The summed E-state index contributed by atoms with van der Waals surface area (Å²) < 4.78 is 11.2. The molecule has 4 heteroatoms. The van der Waals surface area contributed by atoms with Crippen LogP contribution in [0.3, 0.4) is 0 Å². The third-order valence-corrected chi connectivity index (χ3v) is 4.16. The number of aryl methyl sites for hydroxylation is 2. The number of rotatable bonds is 4. The van der Waals surface area contributed by atoms with Gasteiger partial charge in [0.2, 0.25) is 0 Å². The fraction of sp³-hybridized carbons (Fsp3) is 0.692. The van der Waals surface area contributed by atoms with Gasteiger partial charge < -0.3 is 14.8 Å². The molecule has 0 bridgehead atoms. The highest BCUT2D eigenvalue weighted by molar-refractivity contribution is 7.12. The lowest BCUT2D eigenvalue weighted by molar-refractivity contribution is -0.139. The van der Waals surface area contributed by atoms with Crippen LogP contribution in [-0.4, -0.2) is 25.5 Å². The first-order chi connectivity index (χ1) is 8.00. The molecule has 1 aliphatic rings. The molecular weight excluding hydrogens is 234 g/mol. The van der Waals surface area contributed by atoms with E-state index in [2.05, 4.69) is 32.2 Å². The van der Waals surface area contributed by atoms with E-state index in [9.17, 15) is 0 Å². The minimum absolute atomic E-state index is 0.338. The van der Waals surface area contributed by atoms with Crippen molar-refractivity contribution in [3.8, 4) is 0 Å². The summed E-state index contributed by atoms with van der Waals surface area (Å²) in [6.07, 6.45) is 0. The van der Waals surface area contributed by atoms with Gasteiger partial charge in [-0.05, 0) is 39.3 Å². The molecule has 1 N–H and O–H groups in total. The Morgan fingerprint density at radius 1 is 1.41 bits per heavy atom. The van der Waals surface area contributed by atoms with Crippen LogP contribution in [0.15, 0.2) is 6.07 Å². The highest BCUT2D eigenvalue weighted by Gasteiger charge is 2.31. The maximum absolute atomic E-state index is 5.58. The van der Waals surface area contributed by atoms with Gasteiger partial charge in [-0.15, -0.1) is 11.3 Å². The number of nitrogens with one attached hydrogen (secondary N) is 1. The fourth-order valence-electron chi connectivity index (χ4n) is 2.19. The van der Waals surface area contributed by atoms with Crippen molar-refractivity contribution in [2.24, 2.45) is 0 Å². The molecular formula is C13H21NO2S. The number of hydrogen-bond donors (Lipinski definition) is 1. The van der Waals surface area contributed by atoms with Crippen molar-refractivity contribution in [2.45, 2.75) is 39.5 Å². The molecule has 2 heterocycles. The van der Waals surface area contributed by atoms with E-state index in [1.165, 1.54) is 15.3 Å². The summed E-state index contributed by atoms with van der Waals surface area (Å²) in [6, 6.07) is 2.60. The van der Waals surface area contributed by atoms with Gasteiger partial charge in [-0.2, -0.15) is 0 Å². The molecule has 0 unspecified atom stereocenters. The normalized spacial score (nSPS) is 20.7. The minimum Gasteiger partial charge on any atom is -0.347 e. The van der Waals surface area contributed by atoms with Crippen LogP contribution in [0.4, 0.5) is 0 Å². The van der Waals surface area contributed by atoms with E-state index < -0.39 is 5.79 Å². The van der Waals surface area contributed by atoms with Crippen LogP contribution in [0.5, 0.6) is 0 Å². The first kappa shape index (κ1) is 13.0. The summed E-state index contributed by atoms with van der Waals surface area (Å²) in [7, 11) is 0. The molecule has 1 saturated heterocycles. The topological polar surface area (TPSA) is 30.5 Å². The molecule has 96 valence electrons. The zero-order chi connectivity index (χ0) is 12.5. The van der Waals surface area contributed by atoms with Crippen molar-refractivity contribution in [1.82, 2.24) is 5.32 Å². The molecule has 1 atom stereocenters. The standard InChI is InChI=1S/C13H21NO2S/c1-9-7-12(11(3)17-9)10(2)14-8-13(4)15-5-6-16-13/h7,10,14H,5-6,8H2,1-4H3/t10-/m1/s1. The van der Waals surface area contributed by atoms with E-state index in [0.29, 0.717) is 19.3 Å². The lowest BCUT2D eigenvalue weighted by Gasteiger charge is -2.25. The Bertz CT molecular complexity index is 383. The van der Waals surface area contributed by atoms with E-state index >= 15 is 0 Å². The summed E-state index contributed by atoms with van der Waals surface area (Å²) >= 11 is 1.85. The van der Waals surface area contributed by atoms with Crippen LogP contribution in [0.2, 0.25) is 0 Å². The van der Waals surface area contributed by atoms with Crippen LogP contribution in [0.25, 0.3) is 0 Å². The fourth-order valence-corrected chi connectivity index (χ4v) is 3.21. The molecule has 0 saturated carbocycles. The Balaban J connectivity index is 1.93. The van der Waals surface area contributed by atoms with E-state index in [-0.39, 0.29) is 0 Å². The molecule has 17 heavy (non-hydrogen) atoms. The SMILES string of the molecule is Cc1cc([C@@H](C)NCC2(C)OCCO2)c(C)s1. The summed E-state index contributed by atoms with van der Waals surface area (Å²) in [5.41, 5.74) is 1.38. The van der Waals surface area contributed by atoms with E-state index in [1.54, 1.807) is 0 Å². The van der Waals surface area contributed by atoms with Crippen molar-refractivity contribution in [3.63, 3.8) is 0 Å². The average Bonchev–Trinajstić information content (AvgIpc) is 2.83. The van der Waals surface area contributed by atoms with Gasteiger partial charge in [-0.25, -0.2) is 0 Å². The van der Waals surface area contributed by atoms with E-state index in [1.807, 2.05) is 18.3 Å². The van der Waals surface area contributed by atoms with Gasteiger partial charge in [0.05, 0.1) is 13.2 Å². The zero-order valence-electron chi connectivity index (χ0n) is 11.0. The predicted molar refractivity (Wildman–Crippen MR) is 70.5 cm³/mol. The second kappa shape index (κ2) is 5.06. The smallest absolute Gasteiger partial charge is 0.178 e. The number of thiophene rings is 1. The maximum atomic E-state index is 5.58. The van der Waals surface area contributed by atoms with Crippen molar-refractivity contribution in [3.05, 3.63) is 21.4 Å². The number of hydrogen-bond acceptors (Lipinski definition) is 4. The Hall–Kier alpha value is -0.420. The summed E-state index contributed by atoms with van der Waals surface area (Å²) in [6.45, 7) is 10.6. The quantitative estimate of drug-likeness (QED) is 0.897. The molecule has 1 aliphatic heterocycles. The van der Waals surface area contributed by atoms with Gasteiger partial charge in [0.1, 0.15) is 0 Å². The van der Waals surface area contributed by atoms with Crippen LogP contribution in [0, 0.1) is 13.8 Å². The summed E-state index contributed by atoms with van der Waals surface area (Å²) in [4.78, 5) is 2.76. The van der Waals surface area contributed by atoms with E-state index in [4.69, 9.17) is 9.47 Å². The van der Waals surface area contributed by atoms with Gasteiger partial charge in [0.15, 0.2) is 5.79 Å². The van der Waals surface area contributed by atoms with Crippen molar-refractivity contribution < 1.29 is 9.47 Å².